The van der Waals surface area contributed by atoms with Crippen LogP contribution in [0.4, 0.5) is 24.7 Å². The van der Waals surface area contributed by atoms with E-state index in [1.54, 1.807) is 42.5 Å². The maximum Gasteiger partial charge on any atom is 0.410 e. The number of alkyl halides is 3. The van der Waals surface area contributed by atoms with E-state index in [4.69, 9.17) is 23.2 Å². The highest BCUT2D eigenvalue weighted by Crippen LogP contribution is 2.43. The minimum Gasteiger partial charge on any atom is -0.363 e. The molecule has 2 atom stereocenters. The van der Waals surface area contributed by atoms with Gasteiger partial charge in [0, 0.05) is 28.2 Å². The van der Waals surface area contributed by atoms with Crippen molar-refractivity contribution in [2.24, 2.45) is 0 Å². The molecule has 0 saturated heterocycles. The van der Waals surface area contributed by atoms with E-state index in [2.05, 4.69) is 15.7 Å². The highest BCUT2D eigenvalue weighted by atomic mass is 35.5. The van der Waals surface area contributed by atoms with Gasteiger partial charge in [-0.1, -0.05) is 41.4 Å². The number of carbonyl (C=O) groups is 1. The monoisotopic (exact) mass is 468 g/mol. The van der Waals surface area contributed by atoms with Crippen LogP contribution in [0.5, 0.6) is 0 Å². The molecule has 0 radical (unpaired) electrons. The molecule has 3 aromatic rings. The SMILES string of the molecule is Cc1ccc(NC(=O)c2cc3n(n2)C(C(F)(F)F)CC(c2ccc(Cl)cc2)N3)cc1Cl. The number of nitrogens with one attached hydrogen (secondary N) is 2. The first-order valence-electron chi connectivity index (χ1n) is 9.37. The first kappa shape index (κ1) is 21.5. The van der Waals surface area contributed by atoms with E-state index >= 15 is 0 Å². The lowest BCUT2D eigenvalue weighted by atomic mass is 9.97. The second kappa shape index (κ2) is 8.09. The zero-order valence-corrected chi connectivity index (χ0v) is 17.7. The van der Waals surface area contributed by atoms with E-state index < -0.39 is 24.2 Å². The van der Waals surface area contributed by atoms with E-state index in [1.165, 1.54) is 6.07 Å². The molecule has 0 fully saturated rings. The van der Waals surface area contributed by atoms with E-state index in [0.717, 1.165) is 10.2 Å². The number of nitrogens with zero attached hydrogens (tertiary/aromatic N) is 2. The van der Waals surface area contributed by atoms with Gasteiger partial charge < -0.3 is 10.6 Å². The molecular weight excluding hydrogens is 452 g/mol. The summed E-state index contributed by atoms with van der Waals surface area (Å²) < 4.78 is 42.2. The minimum atomic E-state index is -4.54. The van der Waals surface area contributed by atoms with Crippen LogP contribution >= 0.6 is 23.2 Å². The summed E-state index contributed by atoms with van der Waals surface area (Å²) in [6, 6.07) is 10.4. The molecule has 0 aliphatic carbocycles. The van der Waals surface area contributed by atoms with Crippen molar-refractivity contribution in [2.45, 2.75) is 31.6 Å². The van der Waals surface area contributed by atoms with Crippen LogP contribution in [0.25, 0.3) is 0 Å². The number of benzene rings is 2. The predicted octanol–water partition coefficient (Wildman–Crippen LogP) is 6.41. The summed E-state index contributed by atoms with van der Waals surface area (Å²) in [5.74, 6) is -0.520. The molecule has 5 nitrogen and oxygen atoms in total. The van der Waals surface area contributed by atoms with Crippen molar-refractivity contribution in [1.29, 1.82) is 0 Å². The second-order valence-electron chi connectivity index (χ2n) is 7.32. The van der Waals surface area contributed by atoms with Crippen LogP contribution in [0, 0.1) is 6.92 Å². The number of hydrogen-bond acceptors (Lipinski definition) is 3. The summed E-state index contributed by atoms with van der Waals surface area (Å²) in [5.41, 5.74) is 1.78. The summed E-state index contributed by atoms with van der Waals surface area (Å²) in [6.07, 6.45) is -4.81. The molecule has 2 unspecified atom stereocenters. The summed E-state index contributed by atoms with van der Waals surface area (Å²) in [7, 11) is 0. The van der Waals surface area contributed by atoms with Crippen molar-refractivity contribution in [3.63, 3.8) is 0 Å². The third-order valence-corrected chi connectivity index (χ3v) is 5.78. The normalized spacial score (nSPS) is 18.3. The number of aryl methyl sites for hydroxylation is 1. The van der Waals surface area contributed by atoms with E-state index in [1.807, 2.05) is 6.92 Å². The lowest BCUT2D eigenvalue weighted by molar-refractivity contribution is -0.173. The molecule has 31 heavy (non-hydrogen) atoms. The first-order valence-corrected chi connectivity index (χ1v) is 10.1. The Bertz CT molecular complexity index is 1130. The van der Waals surface area contributed by atoms with E-state index in [9.17, 15) is 18.0 Å². The van der Waals surface area contributed by atoms with Gasteiger partial charge in [-0.15, -0.1) is 0 Å². The predicted molar refractivity (Wildman–Crippen MR) is 114 cm³/mol. The van der Waals surface area contributed by atoms with Gasteiger partial charge in [0.2, 0.25) is 0 Å². The Hall–Kier alpha value is -2.71. The fraction of sp³-hybridized carbons (Fsp3) is 0.238. The van der Waals surface area contributed by atoms with Crippen molar-refractivity contribution >= 4 is 40.6 Å². The van der Waals surface area contributed by atoms with Crippen molar-refractivity contribution in [2.75, 3.05) is 10.6 Å². The molecule has 2 heterocycles. The maximum absolute atomic E-state index is 13.8. The molecule has 1 aliphatic heterocycles. The number of fused-ring (bicyclic) bond motifs is 1. The maximum atomic E-state index is 13.8. The fourth-order valence-electron chi connectivity index (χ4n) is 3.46. The van der Waals surface area contributed by atoms with Gasteiger partial charge in [0.05, 0.1) is 6.04 Å². The molecule has 4 rings (SSSR count). The van der Waals surface area contributed by atoms with E-state index in [-0.39, 0.29) is 17.9 Å². The largest absolute Gasteiger partial charge is 0.410 e. The van der Waals surface area contributed by atoms with Crippen LogP contribution in [0.15, 0.2) is 48.5 Å². The van der Waals surface area contributed by atoms with Gasteiger partial charge in [-0.25, -0.2) is 4.68 Å². The molecule has 162 valence electrons. The molecule has 2 N–H and O–H groups in total. The Labute approximate surface area is 186 Å². The molecule has 10 heteroatoms. The van der Waals surface area contributed by atoms with Gasteiger partial charge in [-0.05, 0) is 42.3 Å². The highest BCUT2D eigenvalue weighted by Gasteiger charge is 2.46. The minimum absolute atomic E-state index is 0.112. The molecule has 1 amide bonds. The summed E-state index contributed by atoms with van der Waals surface area (Å²) in [6.45, 7) is 1.82. The summed E-state index contributed by atoms with van der Waals surface area (Å²) in [4.78, 5) is 12.6. The quantitative estimate of drug-likeness (QED) is 0.466. The molecule has 1 aromatic heterocycles. The Morgan fingerprint density at radius 2 is 1.87 bits per heavy atom. The van der Waals surface area contributed by atoms with Gasteiger partial charge in [-0.2, -0.15) is 18.3 Å². The third-order valence-electron chi connectivity index (χ3n) is 5.12. The molecule has 0 bridgehead atoms. The molecule has 1 aliphatic rings. The Morgan fingerprint density at radius 1 is 1.16 bits per heavy atom. The van der Waals surface area contributed by atoms with Gasteiger partial charge >= 0.3 is 6.18 Å². The molecular formula is C21H17Cl2F3N4O. The van der Waals surface area contributed by atoms with E-state index in [0.29, 0.717) is 21.3 Å². The number of amides is 1. The first-order chi connectivity index (χ1) is 14.6. The highest BCUT2D eigenvalue weighted by molar-refractivity contribution is 6.31. The molecule has 0 saturated carbocycles. The number of anilines is 2. The molecule has 0 spiro atoms. The Balaban J connectivity index is 1.63. The van der Waals surface area contributed by atoms with Crippen LogP contribution in [0.3, 0.4) is 0 Å². The smallest absolute Gasteiger partial charge is 0.363 e. The lowest BCUT2D eigenvalue weighted by Gasteiger charge is -2.33. The van der Waals surface area contributed by atoms with Crippen molar-refractivity contribution in [1.82, 2.24) is 9.78 Å². The van der Waals surface area contributed by atoms with Crippen LogP contribution < -0.4 is 10.6 Å². The van der Waals surface area contributed by atoms with Crippen molar-refractivity contribution in [3.8, 4) is 0 Å². The van der Waals surface area contributed by atoms with Crippen LogP contribution in [0.1, 0.15) is 40.1 Å². The van der Waals surface area contributed by atoms with Gasteiger partial charge in [0.25, 0.3) is 5.91 Å². The second-order valence-corrected chi connectivity index (χ2v) is 8.16. The number of halogens is 5. The summed E-state index contributed by atoms with van der Waals surface area (Å²) >= 11 is 12.0. The zero-order chi connectivity index (χ0) is 22.3. The van der Waals surface area contributed by atoms with Crippen molar-refractivity contribution < 1.29 is 18.0 Å². The van der Waals surface area contributed by atoms with Gasteiger partial charge in [-0.3, -0.25) is 4.79 Å². The Morgan fingerprint density at radius 3 is 2.52 bits per heavy atom. The number of aromatic nitrogens is 2. The lowest BCUT2D eigenvalue weighted by Crippen LogP contribution is -2.35. The number of hydrogen-bond donors (Lipinski definition) is 2. The number of carbonyl (C=O) groups excluding carboxylic acids is 1. The number of rotatable bonds is 3. The third kappa shape index (κ3) is 4.50. The average Bonchev–Trinajstić information content (AvgIpc) is 3.14. The summed E-state index contributed by atoms with van der Waals surface area (Å²) in [5, 5.41) is 10.6. The van der Waals surface area contributed by atoms with Crippen LogP contribution in [-0.2, 0) is 0 Å². The Kier molecular flexibility index (Phi) is 5.61. The zero-order valence-electron chi connectivity index (χ0n) is 16.2. The van der Waals surface area contributed by atoms with Gasteiger partial charge in [0.15, 0.2) is 11.7 Å². The van der Waals surface area contributed by atoms with Crippen molar-refractivity contribution in [3.05, 3.63) is 75.4 Å². The topological polar surface area (TPSA) is 59.0 Å². The van der Waals surface area contributed by atoms with Crippen LogP contribution in [0.2, 0.25) is 10.0 Å². The van der Waals surface area contributed by atoms with Gasteiger partial charge in [0.1, 0.15) is 5.82 Å². The van der Waals surface area contributed by atoms with Crippen LogP contribution in [-0.4, -0.2) is 21.9 Å². The average molecular weight is 469 g/mol. The fourth-order valence-corrected chi connectivity index (χ4v) is 3.77. The molecule has 2 aromatic carbocycles. The standard InChI is InChI=1S/C21H17Cl2F3N4O/c1-11-2-7-14(8-15(11)23)27-20(31)17-10-19-28-16(12-3-5-13(22)6-4-12)9-18(21(24,25)26)30(19)29-17/h2-8,10,16,18,28H,9H2,1H3,(H,27,31).